The molecule has 1 heterocycles. The van der Waals surface area contributed by atoms with Crippen LogP contribution in [0, 0.1) is 0 Å². The van der Waals surface area contributed by atoms with Gasteiger partial charge in [-0.25, -0.2) is 8.93 Å². The number of nitrogens with one attached hydrogen (secondary N) is 2. The van der Waals surface area contributed by atoms with Crippen LogP contribution in [0.1, 0.15) is 50.0 Å². The van der Waals surface area contributed by atoms with Crippen molar-refractivity contribution < 1.29 is 13.5 Å². The third-order valence-corrected chi connectivity index (χ3v) is 5.80. The van der Waals surface area contributed by atoms with Gasteiger partial charge in [0.15, 0.2) is 0 Å². The minimum atomic E-state index is -1.96. The summed E-state index contributed by atoms with van der Waals surface area (Å²) >= 11 is -1.96. The molecule has 1 aromatic carbocycles. The largest absolute Gasteiger partial charge is 0.377 e. The normalized spacial score (nSPS) is 32.4. The van der Waals surface area contributed by atoms with E-state index < -0.39 is 11.3 Å². The van der Waals surface area contributed by atoms with Gasteiger partial charge in [-0.1, -0.05) is 30.3 Å². The number of piperidine rings is 1. The highest BCUT2D eigenvalue weighted by Crippen LogP contribution is 2.34. The standard InChI is InChI=1S/C18H28N2O3S/c21-24(22)20-17-7-4-12-19-18(17)13-23-16-10-8-15(9-11-16)14-5-2-1-3-6-14/h1-3,5-6,15-20H,4,7-13H2,(H,21,22)/t15?,16?,17-,18-/m0/s1. The van der Waals surface area contributed by atoms with E-state index in [9.17, 15) is 4.21 Å². The fourth-order valence-electron chi connectivity index (χ4n) is 3.93. The molecule has 2 fully saturated rings. The van der Waals surface area contributed by atoms with Gasteiger partial charge >= 0.3 is 0 Å². The van der Waals surface area contributed by atoms with Gasteiger partial charge in [0.25, 0.3) is 0 Å². The van der Waals surface area contributed by atoms with Gasteiger partial charge in [-0.15, -0.1) is 0 Å². The first-order valence-electron chi connectivity index (χ1n) is 8.99. The van der Waals surface area contributed by atoms with Crippen LogP contribution in [0.2, 0.25) is 0 Å². The molecule has 3 atom stereocenters. The number of benzene rings is 1. The molecule has 3 N–H and O–H groups in total. The fourth-order valence-corrected chi connectivity index (χ4v) is 4.47. The quantitative estimate of drug-likeness (QED) is 0.688. The van der Waals surface area contributed by atoms with Crippen molar-refractivity contribution >= 4 is 11.3 Å². The fraction of sp³-hybridized carbons (Fsp3) is 0.667. The molecule has 0 bridgehead atoms. The average Bonchev–Trinajstić information content (AvgIpc) is 2.62. The van der Waals surface area contributed by atoms with E-state index >= 15 is 0 Å². The van der Waals surface area contributed by atoms with Gasteiger partial charge in [0.05, 0.1) is 12.7 Å². The molecule has 1 aromatic rings. The second kappa shape index (κ2) is 9.06. The molecule has 1 unspecified atom stereocenters. The Morgan fingerprint density at radius 1 is 1.17 bits per heavy atom. The summed E-state index contributed by atoms with van der Waals surface area (Å²) in [5.74, 6) is 0.657. The van der Waals surface area contributed by atoms with E-state index in [4.69, 9.17) is 9.29 Å². The maximum atomic E-state index is 11.0. The number of rotatable bonds is 6. The zero-order chi connectivity index (χ0) is 16.8. The Bertz CT molecular complexity index is 520. The monoisotopic (exact) mass is 352 g/mol. The van der Waals surface area contributed by atoms with E-state index in [0.29, 0.717) is 18.6 Å². The van der Waals surface area contributed by atoms with E-state index in [1.54, 1.807) is 0 Å². The highest BCUT2D eigenvalue weighted by molar-refractivity contribution is 7.77. The maximum absolute atomic E-state index is 11.0. The zero-order valence-electron chi connectivity index (χ0n) is 14.0. The molecular weight excluding hydrogens is 324 g/mol. The first-order valence-corrected chi connectivity index (χ1v) is 10.1. The zero-order valence-corrected chi connectivity index (χ0v) is 14.8. The summed E-state index contributed by atoms with van der Waals surface area (Å²) in [7, 11) is 0. The third-order valence-electron chi connectivity index (χ3n) is 5.29. The number of ether oxygens (including phenoxy) is 1. The van der Waals surface area contributed by atoms with Crippen molar-refractivity contribution in [2.24, 2.45) is 0 Å². The van der Waals surface area contributed by atoms with Crippen molar-refractivity contribution in [3.63, 3.8) is 0 Å². The summed E-state index contributed by atoms with van der Waals surface area (Å²) in [5.41, 5.74) is 1.44. The number of hydrogen-bond donors (Lipinski definition) is 3. The highest BCUT2D eigenvalue weighted by atomic mass is 32.2. The predicted octanol–water partition coefficient (Wildman–Crippen LogP) is 2.58. The van der Waals surface area contributed by atoms with Crippen molar-refractivity contribution in [3.8, 4) is 0 Å². The summed E-state index contributed by atoms with van der Waals surface area (Å²) in [6.07, 6.45) is 6.78. The van der Waals surface area contributed by atoms with E-state index in [0.717, 1.165) is 32.2 Å². The third kappa shape index (κ3) is 5.10. The maximum Gasteiger partial charge on any atom is 0.232 e. The molecule has 0 amide bonds. The lowest BCUT2D eigenvalue weighted by atomic mass is 9.83. The molecule has 24 heavy (non-hydrogen) atoms. The molecule has 134 valence electrons. The Hall–Kier alpha value is -0.790. The smallest absolute Gasteiger partial charge is 0.232 e. The summed E-state index contributed by atoms with van der Waals surface area (Å²) in [5, 5.41) is 3.42. The molecule has 1 saturated heterocycles. The van der Waals surface area contributed by atoms with Gasteiger partial charge in [0.1, 0.15) is 0 Å². The first kappa shape index (κ1) is 18.0. The first-order chi connectivity index (χ1) is 11.7. The van der Waals surface area contributed by atoms with E-state index in [1.165, 1.54) is 18.4 Å². The molecule has 1 aliphatic heterocycles. The van der Waals surface area contributed by atoms with Gasteiger partial charge < -0.3 is 10.1 Å². The second-order valence-corrected chi connectivity index (χ2v) is 7.63. The summed E-state index contributed by atoms with van der Waals surface area (Å²) in [6.45, 7) is 1.56. The Morgan fingerprint density at radius 3 is 2.62 bits per heavy atom. The molecule has 0 aromatic heterocycles. The predicted molar refractivity (Wildman–Crippen MR) is 96.1 cm³/mol. The Morgan fingerprint density at radius 2 is 1.92 bits per heavy atom. The van der Waals surface area contributed by atoms with Crippen LogP contribution in [0.25, 0.3) is 0 Å². The van der Waals surface area contributed by atoms with Crippen molar-refractivity contribution in [1.29, 1.82) is 0 Å². The van der Waals surface area contributed by atoms with Crippen LogP contribution in [-0.4, -0.2) is 40.1 Å². The van der Waals surface area contributed by atoms with Crippen LogP contribution in [0.3, 0.4) is 0 Å². The van der Waals surface area contributed by atoms with Crippen LogP contribution in [0.4, 0.5) is 0 Å². The molecule has 1 aliphatic carbocycles. The lowest BCUT2D eigenvalue weighted by Crippen LogP contribution is -2.54. The Balaban J connectivity index is 1.43. The number of hydrogen-bond acceptors (Lipinski definition) is 3. The van der Waals surface area contributed by atoms with Gasteiger partial charge in [-0.05, 0) is 56.6 Å². The van der Waals surface area contributed by atoms with Crippen molar-refractivity contribution in [2.45, 2.75) is 62.6 Å². The minimum Gasteiger partial charge on any atom is -0.377 e. The lowest BCUT2D eigenvalue weighted by molar-refractivity contribution is 0.00521. The molecule has 5 nitrogen and oxygen atoms in total. The van der Waals surface area contributed by atoms with Crippen molar-refractivity contribution in [2.75, 3.05) is 13.2 Å². The van der Waals surface area contributed by atoms with Crippen LogP contribution in [0.15, 0.2) is 30.3 Å². The lowest BCUT2D eigenvalue weighted by Gasteiger charge is -2.34. The van der Waals surface area contributed by atoms with Crippen molar-refractivity contribution in [1.82, 2.24) is 10.0 Å². The van der Waals surface area contributed by atoms with Gasteiger partial charge in [0, 0.05) is 12.1 Å². The summed E-state index contributed by atoms with van der Waals surface area (Å²) in [6, 6.07) is 10.9. The molecule has 6 heteroatoms. The molecule has 0 spiro atoms. The summed E-state index contributed by atoms with van der Waals surface area (Å²) in [4.78, 5) is 0. The van der Waals surface area contributed by atoms with Gasteiger partial charge in [-0.2, -0.15) is 0 Å². The molecular formula is C18H28N2O3S. The Labute approximate surface area is 147 Å². The van der Waals surface area contributed by atoms with Crippen LogP contribution in [-0.2, 0) is 16.0 Å². The average molecular weight is 353 g/mol. The van der Waals surface area contributed by atoms with E-state index in [-0.39, 0.29) is 12.1 Å². The minimum absolute atomic E-state index is 0.00485. The van der Waals surface area contributed by atoms with Crippen LogP contribution >= 0.6 is 0 Å². The van der Waals surface area contributed by atoms with Crippen molar-refractivity contribution in [3.05, 3.63) is 35.9 Å². The second-order valence-electron chi connectivity index (χ2n) is 6.89. The SMILES string of the molecule is O=S(O)N[C@H]1CCCN[C@H]1COC1CCC(c2ccccc2)CC1. The molecule has 0 radical (unpaired) electrons. The molecule has 3 rings (SSSR count). The van der Waals surface area contributed by atoms with E-state index in [2.05, 4.69) is 40.4 Å². The van der Waals surface area contributed by atoms with Gasteiger partial charge in [0.2, 0.25) is 11.3 Å². The molecule has 2 aliphatic rings. The molecule has 1 saturated carbocycles. The Kier molecular flexibility index (Phi) is 6.80. The van der Waals surface area contributed by atoms with Crippen LogP contribution in [0.5, 0.6) is 0 Å². The highest BCUT2D eigenvalue weighted by Gasteiger charge is 2.28. The van der Waals surface area contributed by atoms with E-state index in [1.807, 2.05) is 0 Å². The summed E-state index contributed by atoms with van der Waals surface area (Å²) < 4.78 is 29.0. The van der Waals surface area contributed by atoms with Crippen LogP contribution < -0.4 is 10.0 Å². The topological polar surface area (TPSA) is 70.6 Å². The van der Waals surface area contributed by atoms with Gasteiger partial charge in [-0.3, -0.25) is 4.55 Å².